The summed E-state index contributed by atoms with van der Waals surface area (Å²) in [5, 5.41) is 96.6. The predicted octanol–water partition coefficient (Wildman–Crippen LogP) is -1.91. The Morgan fingerprint density at radius 3 is 2.26 bits per heavy atom. The molecule has 1 aliphatic heterocycles. The summed E-state index contributed by atoms with van der Waals surface area (Å²) in [6, 6.07) is 0. The molecule has 2 bridgehead atoms. The first-order valence-corrected chi connectivity index (χ1v) is 13.6. The highest BCUT2D eigenvalue weighted by Crippen LogP contribution is 2.73. The number of fused-ring (bicyclic) bond motifs is 3. The highest BCUT2D eigenvalue weighted by atomic mass is 16.7. The molecule has 5 fully saturated rings. The Labute approximate surface area is 220 Å². The minimum Gasteiger partial charge on any atom is -0.481 e. The second-order valence-electron chi connectivity index (χ2n) is 13.2. The standard InChI is InChI=1S/C26H42O12/c1-22-5-3-6-23(2,21(33)34)18(22)17(31)19(32)24-9-25(35,7-4-13(22)24)26(36,10-24)11-37-20-16(30)15(29)14(28)12(8-27)38-20/h12-20,27-32,35-36H,3-11H2,1-2H3,(H,33,34)/t12-,13-,14-,15+,16-,17+,18+,19+,20-,22+,23-,24-,25+,26+/m1/s1. The molecule has 0 unspecified atom stereocenters. The maximum Gasteiger partial charge on any atom is 0.309 e. The van der Waals surface area contributed by atoms with E-state index >= 15 is 0 Å². The third-order valence-electron chi connectivity index (χ3n) is 11.3. The average Bonchev–Trinajstić information content (AvgIpc) is 3.02. The number of hydrogen-bond acceptors (Lipinski definition) is 11. The van der Waals surface area contributed by atoms with Crippen molar-refractivity contribution in [2.45, 2.75) is 113 Å². The fourth-order valence-corrected chi connectivity index (χ4v) is 9.53. The number of hydrogen-bond donors (Lipinski definition) is 9. The summed E-state index contributed by atoms with van der Waals surface area (Å²) < 4.78 is 11.0. The highest BCUT2D eigenvalue weighted by Gasteiger charge is 2.77. The maximum absolute atomic E-state index is 12.4. The van der Waals surface area contributed by atoms with E-state index in [0.717, 1.165) is 0 Å². The lowest BCUT2D eigenvalue weighted by Crippen LogP contribution is -2.69. The van der Waals surface area contributed by atoms with Gasteiger partial charge in [-0.15, -0.1) is 0 Å². The Balaban J connectivity index is 1.44. The van der Waals surface area contributed by atoms with Crippen LogP contribution in [0.5, 0.6) is 0 Å². The molecule has 5 rings (SSSR count). The van der Waals surface area contributed by atoms with Crippen LogP contribution in [0.4, 0.5) is 0 Å². The first-order valence-electron chi connectivity index (χ1n) is 13.6. The summed E-state index contributed by atoms with van der Waals surface area (Å²) in [6.45, 7) is 2.40. The molecule has 0 radical (unpaired) electrons. The minimum absolute atomic E-state index is 0.0243. The van der Waals surface area contributed by atoms with Crippen LogP contribution in [0.15, 0.2) is 0 Å². The van der Waals surface area contributed by atoms with Crippen molar-refractivity contribution in [2.75, 3.05) is 13.2 Å². The topological polar surface area (TPSA) is 218 Å². The van der Waals surface area contributed by atoms with Gasteiger partial charge < -0.3 is 55.4 Å². The van der Waals surface area contributed by atoms with Gasteiger partial charge >= 0.3 is 5.97 Å². The fraction of sp³-hybridized carbons (Fsp3) is 0.962. The molecular formula is C26H42O12. The molecule has 218 valence electrons. The van der Waals surface area contributed by atoms with Crippen LogP contribution in [-0.4, -0.2) is 119 Å². The van der Waals surface area contributed by atoms with E-state index in [2.05, 4.69) is 0 Å². The van der Waals surface area contributed by atoms with Crippen LogP contribution in [0.1, 0.15) is 58.8 Å². The second-order valence-corrected chi connectivity index (χ2v) is 13.2. The van der Waals surface area contributed by atoms with Gasteiger partial charge in [0.05, 0.1) is 36.4 Å². The third kappa shape index (κ3) is 3.62. The van der Waals surface area contributed by atoms with Gasteiger partial charge in [-0.05, 0) is 56.8 Å². The van der Waals surface area contributed by atoms with E-state index in [1.54, 1.807) is 6.92 Å². The van der Waals surface area contributed by atoms with Gasteiger partial charge in [-0.25, -0.2) is 0 Å². The number of carbonyl (C=O) groups is 1. The van der Waals surface area contributed by atoms with Crippen molar-refractivity contribution in [2.24, 2.45) is 28.1 Å². The first-order chi connectivity index (χ1) is 17.6. The number of carboxylic acids is 1. The van der Waals surface area contributed by atoms with E-state index in [0.29, 0.717) is 25.7 Å². The summed E-state index contributed by atoms with van der Waals surface area (Å²) in [4.78, 5) is 12.4. The lowest BCUT2D eigenvalue weighted by Gasteiger charge is -2.66. The Hall–Kier alpha value is -0.930. The molecule has 12 nitrogen and oxygen atoms in total. The van der Waals surface area contributed by atoms with E-state index in [1.807, 2.05) is 6.92 Å². The van der Waals surface area contributed by atoms with Crippen molar-refractivity contribution in [1.29, 1.82) is 0 Å². The Kier molecular flexibility index (Phi) is 6.80. The molecule has 0 aromatic rings. The van der Waals surface area contributed by atoms with Gasteiger partial charge in [0.2, 0.25) is 0 Å². The van der Waals surface area contributed by atoms with Gasteiger partial charge in [0.15, 0.2) is 6.29 Å². The van der Waals surface area contributed by atoms with Crippen LogP contribution in [0.2, 0.25) is 0 Å². The molecular weight excluding hydrogens is 504 g/mol. The molecule has 0 aromatic heterocycles. The summed E-state index contributed by atoms with van der Waals surface area (Å²) in [6.07, 6.45) is -8.35. The van der Waals surface area contributed by atoms with Crippen LogP contribution >= 0.6 is 0 Å². The molecule has 4 saturated carbocycles. The SMILES string of the molecule is C[C@@]12CCC[C@@](C)(C(=O)O)[C@H]1[C@H](O)[C@H](O)[C@]13C[C@](O)(CO[C@@H]4O[C@H](CO)[C@@H](O)[C@H](O)[C@H]4O)[C@](O)(CC[C@H]21)C3. The molecule has 1 spiro atoms. The summed E-state index contributed by atoms with van der Waals surface area (Å²) in [5.41, 5.74) is -6.62. The lowest BCUT2D eigenvalue weighted by atomic mass is 9.39. The predicted molar refractivity (Wildman–Crippen MR) is 127 cm³/mol. The number of aliphatic hydroxyl groups is 8. The molecule has 0 aromatic carbocycles. The molecule has 9 N–H and O–H groups in total. The van der Waals surface area contributed by atoms with Crippen molar-refractivity contribution in [3.8, 4) is 0 Å². The lowest BCUT2D eigenvalue weighted by molar-refractivity contribution is -0.314. The maximum atomic E-state index is 12.4. The van der Waals surface area contributed by atoms with Crippen molar-refractivity contribution < 1.29 is 60.2 Å². The number of aliphatic hydroxyl groups excluding tert-OH is 6. The molecule has 1 heterocycles. The van der Waals surface area contributed by atoms with Gasteiger partial charge in [0.1, 0.15) is 30.0 Å². The van der Waals surface area contributed by atoms with Crippen LogP contribution in [0.3, 0.4) is 0 Å². The first kappa shape index (κ1) is 28.6. The monoisotopic (exact) mass is 546 g/mol. The van der Waals surface area contributed by atoms with Gasteiger partial charge in [-0.2, -0.15) is 0 Å². The van der Waals surface area contributed by atoms with E-state index in [-0.39, 0.29) is 25.2 Å². The van der Waals surface area contributed by atoms with Gasteiger partial charge in [-0.1, -0.05) is 13.3 Å². The zero-order valence-corrected chi connectivity index (χ0v) is 21.8. The zero-order chi connectivity index (χ0) is 28.1. The van der Waals surface area contributed by atoms with Crippen molar-refractivity contribution in [3.63, 3.8) is 0 Å². The summed E-state index contributed by atoms with van der Waals surface area (Å²) in [7, 11) is 0. The molecule has 38 heavy (non-hydrogen) atoms. The minimum atomic E-state index is -1.92. The number of ether oxygens (including phenoxy) is 2. The number of rotatable bonds is 5. The highest BCUT2D eigenvalue weighted by molar-refractivity contribution is 5.75. The largest absolute Gasteiger partial charge is 0.481 e. The smallest absolute Gasteiger partial charge is 0.309 e. The van der Waals surface area contributed by atoms with Crippen LogP contribution in [0, 0.1) is 28.1 Å². The Bertz CT molecular complexity index is 947. The van der Waals surface area contributed by atoms with Crippen LogP contribution < -0.4 is 0 Å². The van der Waals surface area contributed by atoms with E-state index in [9.17, 15) is 50.8 Å². The third-order valence-corrected chi connectivity index (χ3v) is 11.3. The van der Waals surface area contributed by atoms with Crippen molar-refractivity contribution in [1.82, 2.24) is 0 Å². The molecule has 5 aliphatic rings. The number of carboxylic acid groups (broad SMARTS) is 1. The van der Waals surface area contributed by atoms with Crippen LogP contribution in [0.25, 0.3) is 0 Å². The van der Waals surface area contributed by atoms with Gasteiger partial charge in [-0.3, -0.25) is 4.79 Å². The quantitative estimate of drug-likeness (QED) is 0.184. The molecule has 0 amide bonds. The van der Waals surface area contributed by atoms with Gasteiger partial charge in [0, 0.05) is 11.3 Å². The average molecular weight is 547 g/mol. The van der Waals surface area contributed by atoms with Crippen LogP contribution in [-0.2, 0) is 14.3 Å². The summed E-state index contributed by atoms with van der Waals surface area (Å²) in [5.74, 6) is -2.00. The van der Waals surface area contributed by atoms with E-state index in [1.165, 1.54) is 0 Å². The Morgan fingerprint density at radius 1 is 0.947 bits per heavy atom. The molecule has 14 atom stereocenters. The normalized spacial score (nSPS) is 58.2. The van der Waals surface area contributed by atoms with Crippen molar-refractivity contribution in [3.05, 3.63) is 0 Å². The van der Waals surface area contributed by atoms with Crippen molar-refractivity contribution >= 4 is 5.97 Å². The second kappa shape index (κ2) is 9.04. The molecule has 1 saturated heterocycles. The van der Waals surface area contributed by atoms with Gasteiger partial charge in [0.25, 0.3) is 0 Å². The Morgan fingerprint density at radius 2 is 1.63 bits per heavy atom. The number of aliphatic carboxylic acids is 1. The zero-order valence-electron chi connectivity index (χ0n) is 21.8. The van der Waals surface area contributed by atoms with E-state index < -0.39 is 95.5 Å². The molecule has 12 heteroatoms. The molecule has 4 aliphatic carbocycles. The fourth-order valence-electron chi connectivity index (χ4n) is 9.53. The van der Waals surface area contributed by atoms with E-state index in [4.69, 9.17) is 9.47 Å². The summed E-state index contributed by atoms with van der Waals surface area (Å²) >= 11 is 0.